The Morgan fingerprint density at radius 3 is 2.78 bits per heavy atom. The van der Waals surface area contributed by atoms with Gasteiger partial charge in [-0.1, -0.05) is 29.3 Å². The van der Waals surface area contributed by atoms with E-state index in [1.807, 2.05) is 0 Å². The number of rotatable bonds is 4. The summed E-state index contributed by atoms with van der Waals surface area (Å²) in [5, 5.41) is 16.2. The lowest BCUT2D eigenvalue weighted by Gasteiger charge is -2.14. The minimum absolute atomic E-state index is 0.111. The first kappa shape index (κ1) is 13.5. The highest BCUT2D eigenvalue weighted by atomic mass is 35.5. The van der Waals surface area contributed by atoms with Gasteiger partial charge in [-0.3, -0.25) is 0 Å². The van der Waals surface area contributed by atoms with Crippen molar-refractivity contribution in [2.45, 2.75) is 25.0 Å². The number of benzene rings is 1. The molecule has 1 aliphatic carbocycles. The van der Waals surface area contributed by atoms with Crippen molar-refractivity contribution in [2.75, 3.05) is 6.54 Å². The third-order valence-electron chi connectivity index (χ3n) is 2.69. The van der Waals surface area contributed by atoms with Crippen molar-refractivity contribution in [2.24, 2.45) is 0 Å². The standard InChI is InChI=1S/C12H14Cl2N2O2/c13-7-1-4-9(10(14)5-7)11(17)6-15-12(18)16-8-2-3-8/h1,4-5,8,11,17H,2-3,6H2,(H2,15,16,18)/t11-/m1/s1. The molecule has 1 aliphatic rings. The Hall–Kier alpha value is -0.970. The number of aliphatic hydroxyl groups is 1. The van der Waals surface area contributed by atoms with Crippen LogP contribution < -0.4 is 10.6 Å². The van der Waals surface area contributed by atoms with Crippen LogP contribution in [-0.2, 0) is 0 Å². The number of carbonyl (C=O) groups is 1. The van der Waals surface area contributed by atoms with Gasteiger partial charge in [-0.15, -0.1) is 0 Å². The summed E-state index contributed by atoms with van der Waals surface area (Å²) in [5.41, 5.74) is 0.549. The smallest absolute Gasteiger partial charge is 0.315 e. The summed E-state index contributed by atoms with van der Waals surface area (Å²) >= 11 is 11.7. The molecule has 0 unspecified atom stereocenters. The van der Waals surface area contributed by atoms with Crippen LogP contribution in [0.5, 0.6) is 0 Å². The van der Waals surface area contributed by atoms with E-state index in [1.54, 1.807) is 18.2 Å². The lowest BCUT2D eigenvalue weighted by atomic mass is 10.1. The van der Waals surface area contributed by atoms with E-state index in [-0.39, 0.29) is 12.6 Å². The van der Waals surface area contributed by atoms with Crippen molar-refractivity contribution in [3.05, 3.63) is 33.8 Å². The molecule has 0 saturated heterocycles. The van der Waals surface area contributed by atoms with Gasteiger partial charge in [-0.05, 0) is 25.0 Å². The highest BCUT2D eigenvalue weighted by molar-refractivity contribution is 6.35. The predicted molar refractivity (Wildman–Crippen MR) is 71.0 cm³/mol. The topological polar surface area (TPSA) is 61.4 Å². The summed E-state index contributed by atoms with van der Waals surface area (Å²) in [4.78, 5) is 11.4. The molecule has 2 amide bonds. The van der Waals surface area contributed by atoms with Gasteiger partial charge in [0.2, 0.25) is 0 Å². The van der Waals surface area contributed by atoms with Gasteiger partial charge < -0.3 is 15.7 Å². The quantitative estimate of drug-likeness (QED) is 0.797. The molecule has 0 bridgehead atoms. The van der Waals surface area contributed by atoms with Gasteiger partial charge in [0.05, 0.1) is 6.10 Å². The second kappa shape index (κ2) is 5.78. The Balaban J connectivity index is 1.86. The molecule has 0 spiro atoms. The maximum atomic E-state index is 11.4. The molecule has 1 fully saturated rings. The van der Waals surface area contributed by atoms with E-state index in [0.29, 0.717) is 21.7 Å². The molecular weight excluding hydrogens is 275 g/mol. The fraction of sp³-hybridized carbons (Fsp3) is 0.417. The van der Waals surface area contributed by atoms with Crippen LogP contribution in [0.3, 0.4) is 0 Å². The van der Waals surface area contributed by atoms with Crippen LogP contribution in [0.25, 0.3) is 0 Å². The summed E-state index contributed by atoms with van der Waals surface area (Å²) in [6, 6.07) is 4.89. The Kier molecular flexibility index (Phi) is 4.32. The van der Waals surface area contributed by atoms with Gasteiger partial charge in [0.1, 0.15) is 0 Å². The summed E-state index contributed by atoms with van der Waals surface area (Å²) in [5.74, 6) is 0. The van der Waals surface area contributed by atoms with Gasteiger partial charge in [0.25, 0.3) is 0 Å². The van der Waals surface area contributed by atoms with Crippen LogP contribution in [-0.4, -0.2) is 23.7 Å². The van der Waals surface area contributed by atoms with Crippen LogP contribution >= 0.6 is 23.2 Å². The summed E-state index contributed by atoms with van der Waals surface area (Å²) < 4.78 is 0. The number of urea groups is 1. The molecule has 18 heavy (non-hydrogen) atoms. The lowest BCUT2D eigenvalue weighted by molar-refractivity contribution is 0.173. The minimum atomic E-state index is -0.847. The van der Waals surface area contributed by atoms with Crippen LogP contribution in [0.1, 0.15) is 24.5 Å². The fourth-order valence-electron chi connectivity index (χ4n) is 1.54. The van der Waals surface area contributed by atoms with Crippen LogP contribution in [0, 0.1) is 0 Å². The Morgan fingerprint density at radius 2 is 2.17 bits per heavy atom. The number of aliphatic hydroxyl groups excluding tert-OH is 1. The number of hydrogen-bond donors (Lipinski definition) is 3. The maximum Gasteiger partial charge on any atom is 0.315 e. The molecule has 4 nitrogen and oxygen atoms in total. The molecule has 0 aromatic heterocycles. The summed E-state index contributed by atoms with van der Waals surface area (Å²) in [7, 11) is 0. The number of halogens is 2. The molecular formula is C12H14Cl2N2O2. The zero-order valence-corrected chi connectivity index (χ0v) is 11.1. The van der Waals surface area contributed by atoms with Crippen molar-refractivity contribution >= 4 is 29.2 Å². The minimum Gasteiger partial charge on any atom is -0.387 e. The molecule has 6 heteroatoms. The van der Waals surface area contributed by atoms with Crippen LogP contribution in [0.4, 0.5) is 4.79 Å². The third-order valence-corrected chi connectivity index (χ3v) is 3.25. The van der Waals surface area contributed by atoms with Crippen molar-refractivity contribution in [1.29, 1.82) is 0 Å². The van der Waals surface area contributed by atoms with E-state index in [4.69, 9.17) is 23.2 Å². The molecule has 1 atom stereocenters. The number of hydrogen-bond acceptors (Lipinski definition) is 2. The van der Waals surface area contributed by atoms with E-state index in [1.165, 1.54) is 0 Å². The molecule has 3 N–H and O–H groups in total. The number of nitrogens with one attached hydrogen (secondary N) is 2. The Morgan fingerprint density at radius 1 is 1.44 bits per heavy atom. The highest BCUT2D eigenvalue weighted by Gasteiger charge is 2.23. The van der Waals surface area contributed by atoms with E-state index in [9.17, 15) is 9.90 Å². The van der Waals surface area contributed by atoms with Crippen LogP contribution in [0.15, 0.2) is 18.2 Å². The zero-order chi connectivity index (χ0) is 13.1. The van der Waals surface area contributed by atoms with Gasteiger partial charge in [0.15, 0.2) is 0 Å². The first-order valence-electron chi connectivity index (χ1n) is 5.73. The number of amides is 2. The van der Waals surface area contributed by atoms with Crippen LogP contribution in [0.2, 0.25) is 10.0 Å². The Labute approximate surface area is 115 Å². The highest BCUT2D eigenvalue weighted by Crippen LogP contribution is 2.25. The Bertz CT molecular complexity index is 450. The van der Waals surface area contributed by atoms with Crippen molar-refractivity contribution < 1.29 is 9.90 Å². The summed E-state index contributed by atoms with van der Waals surface area (Å²) in [6.45, 7) is 0.111. The van der Waals surface area contributed by atoms with Gasteiger partial charge in [-0.2, -0.15) is 0 Å². The van der Waals surface area contributed by atoms with Crippen molar-refractivity contribution in [3.63, 3.8) is 0 Å². The average Bonchev–Trinajstić information content (AvgIpc) is 3.10. The zero-order valence-electron chi connectivity index (χ0n) is 9.62. The molecule has 0 aliphatic heterocycles. The molecule has 2 rings (SSSR count). The first-order valence-corrected chi connectivity index (χ1v) is 6.49. The maximum absolute atomic E-state index is 11.4. The fourth-order valence-corrected chi connectivity index (χ4v) is 2.07. The lowest BCUT2D eigenvalue weighted by Crippen LogP contribution is -2.38. The van der Waals surface area contributed by atoms with Gasteiger partial charge in [0, 0.05) is 28.2 Å². The SMILES string of the molecule is O=C(NC[C@@H](O)c1ccc(Cl)cc1Cl)NC1CC1. The third kappa shape index (κ3) is 3.77. The number of carbonyl (C=O) groups excluding carboxylic acids is 1. The van der Waals surface area contributed by atoms with E-state index >= 15 is 0 Å². The van der Waals surface area contributed by atoms with Gasteiger partial charge >= 0.3 is 6.03 Å². The summed E-state index contributed by atoms with van der Waals surface area (Å²) in [6.07, 6.45) is 1.21. The second-order valence-corrected chi connectivity index (χ2v) is 5.15. The molecule has 1 aromatic rings. The normalized spacial score (nSPS) is 16.2. The second-order valence-electron chi connectivity index (χ2n) is 4.31. The van der Waals surface area contributed by atoms with E-state index < -0.39 is 6.10 Å². The molecule has 0 radical (unpaired) electrons. The predicted octanol–water partition coefficient (Wildman–Crippen LogP) is 2.49. The monoisotopic (exact) mass is 288 g/mol. The average molecular weight is 289 g/mol. The largest absolute Gasteiger partial charge is 0.387 e. The molecule has 1 saturated carbocycles. The molecule has 1 aromatic carbocycles. The van der Waals surface area contributed by atoms with Gasteiger partial charge in [-0.25, -0.2) is 4.79 Å². The molecule has 98 valence electrons. The van der Waals surface area contributed by atoms with Crippen molar-refractivity contribution in [1.82, 2.24) is 10.6 Å². The first-order chi connectivity index (χ1) is 8.56. The van der Waals surface area contributed by atoms with E-state index in [0.717, 1.165) is 12.8 Å². The molecule has 0 heterocycles. The van der Waals surface area contributed by atoms with Crippen molar-refractivity contribution in [3.8, 4) is 0 Å². The van der Waals surface area contributed by atoms with E-state index in [2.05, 4.69) is 10.6 Å².